The molecule has 170 valence electrons. The molecule has 0 spiro atoms. The summed E-state index contributed by atoms with van der Waals surface area (Å²) in [5.74, 6) is -3.17. The average molecular weight is 444 g/mol. The lowest BCUT2D eigenvalue weighted by atomic mass is 9.75. The predicted octanol–water partition coefficient (Wildman–Crippen LogP) is -0.716. The lowest BCUT2D eigenvalue weighted by molar-refractivity contribution is -0.121. The van der Waals surface area contributed by atoms with Crippen LogP contribution in [0.15, 0.2) is 42.5 Å². The molecular formula is C21H25BN2O8. The molecule has 11 heteroatoms. The Bertz CT molecular complexity index is 921. The van der Waals surface area contributed by atoms with E-state index in [1.54, 1.807) is 12.1 Å². The van der Waals surface area contributed by atoms with E-state index in [1.807, 2.05) is 12.1 Å². The molecule has 0 aromatic heterocycles. The highest BCUT2D eigenvalue weighted by atomic mass is 16.5. The third kappa shape index (κ3) is 7.47. The van der Waals surface area contributed by atoms with E-state index in [1.165, 1.54) is 18.2 Å². The summed E-state index contributed by atoms with van der Waals surface area (Å²) in [7, 11) is -1.93. The van der Waals surface area contributed by atoms with Gasteiger partial charge in [0.15, 0.2) is 0 Å². The zero-order valence-corrected chi connectivity index (χ0v) is 17.2. The first-order valence-electron chi connectivity index (χ1n) is 9.86. The zero-order chi connectivity index (χ0) is 23.5. The number of ether oxygens (including phenoxy) is 1. The van der Waals surface area contributed by atoms with Crippen LogP contribution in [0.5, 0.6) is 5.75 Å². The topological polar surface area (TPSA) is 165 Å². The van der Waals surface area contributed by atoms with Crippen LogP contribution in [0.25, 0.3) is 0 Å². The fraction of sp³-hybridized carbons (Fsp3) is 0.286. The van der Waals surface area contributed by atoms with Crippen molar-refractivity contribution in [1.29, 1.82) is 0 Å². The van der Waals surface area contributed by atoms with Gasteiger partial charge in [0.2, 0.25) is 5.91 Å². The molecule has 32 heavy (non-hydrogen) atoms. The standard InChI is InChI=1S/C21H25BN2O8/c25-9-8-23-12-15-6-4-14(5-7-15)10-19(27)24-18(22(30)31)11-16-2-1-3-17(21(28)29)20(16)32-13-26/h1-7,13,18,23,25,30-31H,8-12H2,(H,24,27)(H,28,29)/t18-/m0/s1. The van der Waals surface area contributed by atoms with Gasteiger partial charge in [-0.05, 0) is 29.2 Å². The van der Waals surface area contributed by atoms with Gasteiger partial charge in [-0.1, -0.05) is 36.4 Å². The Labute approximate surface area is 185 Å². The summed E-state index contributed by atoms with van der Waals surface area (Å²) in [5.41, 5.74) is 1.64. The van der Waals surface area contributed by atoms with Crippen molar-refractivity contribution in [3.63, 3.8) is 0 Å². The lowest BCUT2D eigenvalue weighted by Crippen LogP contribution is -2.48. The summed E-state index contributed by atoms with van der Waals surface area (Å²) in [6.45, 7) is 1.17. The Morgan fingerprint density at radius 2 is 1.78 bits per heavy atom. The van der Waals surface area contributed by atoms with Crippen molar-refractivity contribution >= 4 is 25.5 Å². The molecular weight excluding hydrogens is 419 g/mol. The maximum Gasteiger partial charge on any atom is 0.475 e. The summed E-state index contributed by atoms with van der Waals surface area (Å²) in [6.07, 6.45) is -0.191. The van der Waals surface area contributed by atoms with Crippen molar-refractivity contribution in [2.75, 3.05) is 13.2 Å². The van der Waals surface area contributed by atoms with Gasteiger partial charge in [0.05, 0.1) is 19.0 Å². The smallest absolute Gasteiger partial charge is 0.475 e. The number of nitrogens with one attached hydrogen (secondary N) is 2. The average Bonchev–Trinajstić information content (AvgIpc) is 2.75. The van der Waals surface area contributed by atoms with Crippen molar-refractivity contribution in [3.8, 4) is 5.75 Å². The summed E-state index contributed by atoms with van der Waals surface area (Å²) >= 11 is 0. The van der Waals surface area contributed by atoms with E-state index in [9.17, 15) is 29.5 Å². The Morgan fingerprint density at radius 1 is 1.09 bits per heavy atom. The largest absolute Gasteiger partial charge is 0.478 e. The molecule has 2 rings (SSSR count). The third-order valence-corrected chi connectivity index (χ3v) is 4.64. The normalized spacial score (nSPS) is 11.5. The number of carboxylic acid groups (broad SMARTS) is 1. The quantitative estimate of drug-likeness (QED) is 0.133. The zero-order valence-electron chi connectivity index (χ0n) is 17.2. The van der Waals surface area contributed by atoms with Gasteiger partial charge in [-0.25, -0.2) is 4.79 Å². The molecule has 0 saturated carbocycles. The molecule has 1 atom stereocenters. The molecule has 0 heterocycles. The number of benzene rings is 2. The molecule has 0 aliphatic carbocycles. The number of hydrogen-bond acceptors (Lipinski definition) is 8. The fourth-order valence-electron chi connectivity index (χ4n) is 3.10. The summed E-state index contributed by atoms with van der Waals surface area (Å²) < 4.78 is 4.80. The van der Waals surface area contributed by atoms with Crippen LogP contribution in [0.3, 0.4) is 0 Å². The second-order valence-electron chi connectivity index (χ2n) is 7.00. The second-order valence-corrected chi connectivity index (χ2v) is 7.00. The number of carbonyl (C=O) groups is 3. The van der Waals surface area contributed by atoms with Gasteiger partial charge >= 0.3 is 13.1 Å². The molecule has 1 amide bonds. The van der Waals surface area contributed by atoms with Crippen LogP contribution in [0.4, 0.5) is 0 Å². The van der Waals surface area contributed by atoms with Gasteiger partial charge in [-0.2, -0.15) is 0 Å². The van der Waals surface area contributed by atoms with Crippen molar-refractivity contribution in [2.24, 2.45) is 0 Å². The first-order valence-corrected chi connectivity index (χ1v) is 9.86. The van der Waals surface area contributed by atoms with Crippen LogP contribution in [0, 0.1) is 0 Å². The Hall–Kier alpha value is -3.25. The fourth-order valence-corrected chi connectivity index (χ4v) is 3.10. The van der Waals surface area contributed by atoms with Crippen molar-refractivity contribution in [2.45, 2.75) is 25.3 Å². The Morgan fingerprint density at radius 3 is 2.38 bits per heavy atom. The number of hydrogen-bond donors (Lipinski definition) is 6. The van der Waals surface area contributed by atoms with Crippen molar-refractivity contribution in [1.82, 2.24) is 10.6 Å². The summed E-state index contributed by atoms with van der Waals surface area (Å²) in [4.78, 5) is 34.6. The minimum Gasteiger partial charge on any atom is -0.478 e. The monoisotopic (exact) mass is 444 g/mol. The van der Waals surface area contributed by atoms with Crippen LogP contribution in [-0.4, -0.2) is 64.8 Å². The minimum atomic E-state index is -1.93. The molecule has 2 aromatic carbocycles. The highest BCUT2D eigenvalue weighted by molar-refractivity contribution is 6.43. The number of rotatable bonds is 13. The second kappa shape index (κ2) is 12.6. The van der Waals surface area contributed by atoms with Crippen LogP contribution in [-0.2, 0) is 29.0 Å². The van der Waals surface area contributed by atoms with E-state index in [0.717, 1.165) is 5.56 Å². The number of carbonyl (C=O) groups excluding carboxylic acids is 2. The molecule has 0 unspecified atom stereocenters. The maximum atomic E-state index is 12.4. The van der Waals surface area contributed by atoms with Gasteiger partial charge in [-0.3, -0.25) is 9.59 Å². The van der Waals surface area contributed by atoms with Crippen molar-refractivity contribution in [3.05, 3.63) is 64.7 Å². The van der Waals surface area contributed by atoms with Crippen LogP contribution < -0.4 is 15.4 Å². The number of aromatic carboxylic acids is 1. The highest BCUT2D eigenvalue weighted by Crippen LogP contribution is 2.25. The van der Waals surface area contributed by atoms with Crippen LogP contribution >= 0.6 is 0 Å². The molecule has 0 aliphatic heterocycles. The number of aliphatic hydroxyl groups is 1. The van der Waals surface area contributed by atoms with Gasteiger partial charge in [0.1, 0.15) is 11.3 Å². The summed E-state index contributed by atoms with van der Waals surface area (Å²) in [6, 6.07) is 11.4. The van der Waals surface area contributed by atoms with Gasteiger partial charge in [0.25, 0.3) is 6.47 Å². The molecule has 2 aromatic rings. The Kier molecular flexibility index (Phi) is 9.83. The number of carboxylic acids is 1. The number of para-hydroxylation sites is 1. The van der Waals surface area contributed by atoms with E-state index in [2.05, 4.69) is 10.6 Å². The predicted molar refractivity (Wildman–Crippen MR) is 115 cm³/mol. The Balaban J connectivity index is 2.06. The molecule has 10 nitrogen and oxygen atoms in total. The third-order valence-electron chi connectivity index (χ3n) is 4.64. The lowest BCUT2D eigenvalue weighted by Gasteiger charge is -2.19. The van der Waals surface area contributed by atoms with E-state index >= 15 is 0 Å². The van der Waals surface area contributed by atoms with Gasteiger partial charge < -0.3 is 35.6 Å². The van der Waals surface area contributed by atoms with Crippen LogP contribution in [0.2, 0.25) is 0 Å². The molecule has 0 aliphatic rings. The molecule has 0 fully saturated rings. The molecule has 0 saturated heterocycles. The summed E-state index contributed by atoms with van der Waals surface area (Å²) in [5, 5.41) is 43.0. The minimum absolute atomic E-state index is 0.0135. The van der Waals surface area contributed by atoms with E-state index in [0.29, 0.717) is 18.7 Å². The first kappa shape index (κ1) is 25.0. The van der Waals surface area contributed by atoms with Crippen LogP contribution in [0.1, 0.15) is 27.0 Å². The number of aliphatic hydroxyl groups excluding tert-OH is 1. The van der Waals surface area contributed by atoms with Gasteiger partial charge in [0, 0.05) is 13.1 Å². The van der Waals surface area contributed by atoms with Gasteiger partial charge in [-0.15, -0.1) is 0 Å². The molecule has 0 bridgehead atoms. The van der Waals surface area contributed by atoms with Crippen molar-refractivity contribution < 1.29 is 39.4 Å². The van der Waals surface area contributed by atoms with E-state index in [-0.39, 0.29) is 42.8 Å². The molecule has 0 radical (unpaired) electrons. The SMILES string of the molecule is O=COc1c(C[C@H](NC(=O)Cc2ccc(CNCCO)cc2)B(O)O)cccc1C(=O)O. The van der Waals surface area contributed by atoms with E-state index < -0.39 is 24.9 Å². The molecule has 6 N–H and O–H groups in total. The highest BCUT2D eigenvalue weighted by Gasteiger charge is 2.28. The first-order chi connectivity index (χ1) is 15.3. The number of amides is 1. The maximum absolute atomic E-state index is 12.4. The van der Waals surface area contributed by atoms with E-state index in [4.69, 9.17) is 9.84 Å².